The van der Waals surface area contributed by atoms with Crippen molar-refractivity contribution in [3.05, 3.63) is 53.9 Å². The number of benzene rings is 1. The van der Waals surface area contributed by atoms with Crippen LogP contribution in [0.3, 0.4) is 0 Å². The van der Waals surface area contributed by atoms with Gasteiger partial charge >= 0.3 is 5.97 Å². The first-order valence-corrected chi connectivity index (χ1v) is 13.6. The molecule has 1 aliphatic carbocycles. The summed E-state index contributed by atoms with van der Waals surface area (Å²) >= 11 is 0. The number of carbonyl (C=O) groups excluding carboxylic acids is 1. The predicted octanol–water partition coefficient (Wildman–Crippen LogP) is 8.19. The lowest BCUT2D eigenvalue weighted by Gasteiger charge is -2.28. The van der Waals surface area contributed by atoms with Crippen LogP contribution in [0.5, 0.6) is 11.5 Å². The van der Waals surface area contributed by atoms with Crippen LogP contribution in [0.25, 0.3) is 0 Å². The third-order valence-corrected chi connectivity index (χ3v) is 7.06. The molecule has 0 amide bonds. The molecule has 1 fully saturated rings. The van der Waals surface area contributed by atoms with Crippen LogP contribution in [0, 0.1) is 11.8 Å². The molecule has 1 aromatic heterocycles. The third-order valence-electron chi connectivity index (χ3n) is 7.06. The Kier molecular flexibility index (Phi) is 11.4. The zero-order valence-electron chi connectivity index (χ0n) is 21.3. The molecule has 2 aromatic rings. The van der Waals surface area contributed by atoms with Crippen molar-refractivity contribution >= 4 is 5.97 Å². The predicted molar refractivity (Wildman–Crippen MR) is 139 cm³/mol. The molecule has 0 unspecified atom stereocenters. The number of pyridine rings is 1. The number of hydrogen-bond donors (Lipinski definition) is 0. The second kappa shape index (κ2) is 14.8. The van der Waals surface area contributed by atoms with Gasteiger partial charge in [-0.2, -0.15) is 0 Å². The average Bonchev–Trinajstić information content (AvgIpc) is 2.88. The molecular formula is C30H43NO3. The molecule has 0 aliphatic heterocycles. The fraction of sp³-hybridized carbons (Fsp3) is 0.600. The van der Waals surface area contributed by atoms with Gasteiger partial charge in [-0.15, -0.1) is 0 Å². The van der Waals surface area contributed by atoms with E-state index in [0.29, 0.717) is 17.9 Å². The zero-order chi connectivity index (χ0) is 24.0. The molecule has 1 saturated carbocycles. The van der Waals surface area contributed by atoms with E-state index in [9.17, 15) is 4.79 Å². The van der Waals surface area contributed by atoms with Gasteiger partial charge in [-0.3, -0.25) is 4.98 Å². The van der Waals surface area contributed by atoms with E-state index in [1.165, 1.54) is 70.6 Å². The van der Waals surface area contributed by atoms with Crippen molar-refractivity contribution in [2.24, 2.45) is 11.8 Å². The molecule has 0 bridgehead atoms. The van der Waals surface area contributed by atoms with E-state index in [2.05, 4.69) is 18.8 Å². The highest BCUT2D eigenvalue weighted by molar-refractivity contribution is 5.91. The molecule has 1 heterocycles. The lowest BCUT2D eigenvalue weighted by Crippen LogP contribution is -2.15. The highest BCUT2D eigenvalue weighted by Crippen LogP contribution is 2.34. The Morgan fingerprint density at radius 3 is 2.15 bits per heavy atom. The van der Waals surface area contributed by atoms with Gasteiger partial charge in [0.05, 0.1) is 18.4 Å². The molecule has 34 heavy (non-hydrogen) atoms. The van der Waals surface area contributed by atoms with Gasteiger partial charge in [-0.25, -0.2) is 4.79 Å². The Balaban J connectivity index is 1.34. The number of nitrogens with zero attached hydrogens (tertiary/aromatic N) is 1. The Labute approximate surface area is 206 Å². The van der Waals surface area contributed by atoms with Crippen molar-refractivity contribution in [2.45, 2.75) is 97.3 Å². The Morgan fingerprint density at radius 1 is 0.824 bits per heavy atom. The summed E-state index contributed by atoms with van der Waals surface area (Å²) in [6.45, 7) is 5.01. The molecule has 0 saturated heterocycles. The number of esters is 1. The SMILES string of the molecule is CCCCCCC[C@H]1CC[C@H](CCc2ccc(OC(=O)c3ccc(OCCC)cc3)cn2)CC1. The van der Waals surface area contributed by atoms with Gasteiger partial charge in [0.25, 0.3) is 0 Å². The van der Waals surface area contributed by atoms with Crippen LogP contribution >= 0.6 is 0 Å². The van der Waals surface area contributed by atoms with E-state index in [-0.39, 0.29) is 5.97 Å². The Hall–Kier alpha value is -2.36. The summed E-state index contributed by atoms with van der Waals surface area (Å²) in [5.74, 6) is 2.67. The Bertz CT molecular complexity index is 823. The second-order valence-electron chi connectivity index (χ2n) is 9.88. The van der Waals surface area contributed by atoms with E-state index < -0.39 is 0 Å². The minimum absolute atomic E-state index is 0.376. The maximum Gasteiger partial charge on any atom is 0.343 e. The molecule has 186 valence electrons. The summed E-state index contributed by atoms with van der Waals surface area (Å²) in [7, 11) is 0. The van der Waals surface area contributed by atoms with Gasteiger partial charge in [0.15, 0.2) is 0 Å². The number of ether oxygens (including phenoxy) is 2. The van der Waals surface area contributed by atoms with Gasteiger partial charge in [0.2, 0.25) is 0 Å². The maximum absolute atomic E-state index is 12.4. The quantitative estimate of drug-likeness (QED) is 0.208. The molecule has 1 aliphatic rings. The summed E-state index contributed by atoms with van der Waals surface area (Å²) in [6, 6.07) is 10.9. The molecule has 0 radical (unpaired) electrons. The van der Waals surface area contributed by atoms with Gasteiger partial charge in [-0.1, -0.05) is 78.1 Å². The summed E-state index contributed by atoms with van der Waals surface area (Å²) in [5.41, 5.74) is 1.58. The van der Waals surface area contributed by atoms with E-state index in [1.54, 1.807) is 30.5 Å². The largest absolute Gasteiger partial charge is 0.494 e. The fourth-order valence-electron chi connectivity index (χ4n) is 4.89. The van der Waals surface area contributed by atoms with Gasteiger partial charge in [0.1, 0.15) is 11.5 Å². The standard InChI is InChI=1S/C30H43NO3/c1-3-5-6-7-8-9-24-10-12-25(13-11-24)14-17-27-18-21-29(23-31-27)34-30(32)26-15-19-28(20-16-26)33-22-4-2/h15-16,18-21,23-25H,3-14,17,22H2,1-2H3/t24-,25-. The summed E-state index contributed by atoms with van der Waals surface area (Å²) in [4.78, 5) is 16.9. The summed E-state index contributed by atoms with van der Waals surface area (Å²) < 4.78 is 11.1. The molecule has 0 spiro atoms. The van der Waals surface area contributed by atoms with Crippen LogP contribution < -0.4 is 9.47 Å². The molecule has 4 heteroatoms. The van der Waals surface area contributed by atoms with E-state index in [4.69, 9.17) is 9.47 Å². The molecule has 0 N–H and O–H groups in total. The number of rotatable bonds is 14. The fourth-order valence-corrected chi connectivity index (χ4v) is 4.89. The third kappa shape index (κ3) is 9.12. The molecule has 1 aromatic carbocycles. The molecule has 0 atom stereocenters. The minimum Gasteiger partial charge on any atom is -0.494 e. The highest BCUT2D eigenvalue weighted by Gasteiger charge is 2.20. The summed E-state index contributed by atoms with van der Waals surface area (Å²) in [5, 5.41) is 0. The van der Waals surface area contributed by atoms with Crippen LogP contribution in [-0.4, -0.2) is 17.6 Å². The van der Waals surface area contributed by atoms with E-state index in [1.807, 2.05) is 12.1 Å². The van der Waals surface area contributed by atoms with Crippen LogP contribution in [0.1, 0.15) is 107 Å². The van der Waals surface area contributed by atoms with Crippen molar-refractivity contribution in [1.29, 1.82) is 0 Å². The van der Waals surface area contributed by atoms with Crippen LogP contribution in [-0.2, 0) is 6.42 Å². The maximum atomic E-state index is 12.4. The van der Waals surface area contributed by atoms with Crippen molar-refractivity contribution < 1.29 is 14.3 Å². The number of unbranched alkanes of at least 4 members (excludes halogenated alkanes) is 4. The minimum atomic E-state index is -0.376. The molecule has 4 nitrogen and oxygen atoms in total. The first-order chi connectivity index (χ1) is 16.7. The van der Waals surface area contributed by atoms with Crippen LogP contribution in [0.2, 0.25) is 0 Å². The zero-order valence-corrected chi connectivity index (χ0v) is 21.3. The van der Waals surface area contributed by atoms with Gasteiger partial charge in [-0.05, 0) is 67.5 Å². The number of hydrogen-bond acceptors (Lipinski definition) is 4. The van der Waals surface area contributed by atoms with Crippen LogP contribution in [0.15, 0.2) is 42.6 Å². The highest BCUT2D eigenvalue weighted by atomic mass is 16.5. The van der Waals surface area contributed by atoms with Gasteiger partial charge in [0, 0.05) is 5.69 Å². The average molecular weight is 466 g/mol. The number of aryl methyl sites for hydroxylation is 1. The first kappa shape index (κ1) is 26.2. The lowest BCUT2D eigenvalue weighted by molar-refractivity contribution is 0.0734. The van der Waals surface area contributed by atoms with E-state index >= 15 is 0 Å². The topological polar surface area (TPSA) is 48.4 Å². The Morgan fingerprint density at radius 2 is 1.50 bits per heavy atom. The lowest BCUT2D eigenvalue weighted by atomic mass is 9.78. The van der Waals surface area contributed by atoms with Crippen molar-refractivity contribution in [2.75, 3.05) is 6.61 Å². The van der Waals surface area contributed by atoms with E-state index in [0.717, 1.165) is 36.1 Å². The van der Waals surface area contributed by atoms with Gasteiger partial charge < -0.3 is 9.47 Å². The normalized spacial score (nSPS) is 17.9. The van der Waals surface area contributed by atoms with Crippen molar-refractivity contribution in [1.82, 2.24) is 4.98 Å². The van der Waals surface area contributed by atoms with Crippen molar-refractivity contribution in [3.8, 4) is 11.5 Å². The number of aromatic nitrogens is 1. The molecule has 3 rings (SSSR count). The smallest absolute Gasteiger partial charge is 0.343 e. The number of carbonyl (C=O) groups is 1. The monoisotopic (exact) mass is 465 g/mol. The first-order valence-electron chi connectivity index (χ1n) is 13.6. The van der Waals surface area contributed by atoms with Crippen molar-refractivity contribution in [3.63, 3.8) is 0 Å². The second-order valence-corrected chi connectivity index (χ2v) is 9.88. The molecular weight excluding hydrogens is 422 g/mol. The van der Waals surface area contributed by atoms with Crippen LogP contribution in [0.4, 0.5) is 0 Å². The summed E-state index contributed by atoms with van der Waals surface area (Å²) in [6.07, 6.45) is 18.8.